The van der Waals surface area contributed by atoms with Crippen LogP contribution in [-0.2, 0) is 9.53 Å². The van der Waals surface area contributed by atoms with Gasteiger partial charge in [-0.05, 0) is 45.9 Å². The first-order chi connectivity index (χ1) is 16.8. The molecular formula is C29H49N3O3. The SMILES string of the molecule is CCCCCCCCCCCCN1CCN(C(=O)CNc2ccccc2C(=O)OC(C)(C)C)CC1. The summed E-state index contributed by atoms with van der Waals surface area (Å²) in [5.41, 5.74) is 0.527. The molecule has 1 amide bonds. The molecule has 1 aliphatic rings. The predicted molar refractivity (Wildman–Crippen MR) is 145 cm³/mol. The fraction of sp³-hybridized carbons (Fsp3) is 0.724. The second kappa shape index (κ2) is 15.8. The summed E-state index contributed by atoms with van der Waals surface area (Å²) in [6.45, 7) is 12.6. The molecule has 1 aliphatic heterocycles. The van der Waals surface area contributed by atoms with E-state index in [1.807, 2.05) is 37.8 Å². The van der Waals surface area contributed by atoms with E-state index in [9.17, 15) is 9.59 Å². The van der Waals surface area contributed by atoms with Crippen LogP contribution in [-0.4, -0.2) is 66.5 Å². The first-order valence-electron chi connectivity index (χ1n) is 13.9. The van der Waals surface area contributed by atoms with Gasteiger partial charge in [0.2, 0.25) is 5.91 Å². The van der Waals surface area contributed by atoms with Crippen LogP contribution in [0, 0.1) is 0 Å². The summed E-state index contributed by atoms with van der Waals surface area (Å²) in [7, 11) is 0. The van der Waals surface area contributed by atoms with Crippen LogP contribution in [0.1, 0.15) is 102 Å². The van der Waals surface area contributed by atoms with Gasteiger partial charge >= 0.3 is 5.97 Å². The molecule has 0 unspecified atom stereocenters. The van der Waals surface area contributed by atoms with Crippen molar-refractivity contribution in [2.75, 3.05) is 44.6 Å². The number of piperazine rings is 1. The normalized spacial score (nSPS) is 14.7. The Balaban J connectivity index is 1.61. The first-order valence-corrected chi connectivity index (χ1v) is 13.9. The standard InChI is InChI=1S/C29H49N3O3/c1-5-6-7-8-9-10-11-12-13-16-19-31-20-22-32(23-21-31)27(33)24-30-26-18-15-14-17-25(26)28(34)35-29(2,3)4/h14-15,17-18,30H,5-13,16,19-24H2,1-4H3. The summed E-state index contributed by atoms with van der Waals surface area (Å²) in [4.78, 5) is 29.7. The molecule has 1 fully saturated rings. The Hall–Kier alpha value is -2.08. The van der Waals surface area contributed by atoms with Gasteiger partial charge in [0.1, 0.15) is 5.60 Å². The van der Waals surface area contributed by atoms with Crippen molar-refractivity contribution >= 4 is 17.6 Å². The van der Waals surface area contributed by atoms with Gasteiger partial charge in [0.05, 0.1) is 12.1 Å². The maximum Gasteiger partial charge on any atom is 0.340 e. The maximum atomic E-state index is 12.8. The number of benzene rings is 1. The van der Waals surface area contributed by atoms with E-state index < -0.39 is 5.60 Å². The van der Waals surface area contributed by atoms with Crippen molar-refractivity contribution in [3.05, 3.63) is 29.8 Å². The number of hydrogen-bond acceptors (Lipinski definition) is 5. The van der Waals surface area contributed by atoms with Crippen molar-refractivity contribution in [3.8, 4) is 0 Å². The Bertz CT molecular complexity index is 752. The predicted octanol–water partition coefficient (Wildman–Crippen LogP) is 6.12. The number of ether oxygens (including phenoxy) is 1. The lowest BCUT2D eigenvalue weighted by Crippen LogP contribution is -2.50. The van der Waals surface area contributed by atoms with Crippen LogP contribution in [0.4, 0.5) is 5.69 Å². The molecule has 35 heavy (non-hydrogen) atoms. The van der Waals surface area contributed by atoms with E-state index in [2.05, 4.69) is 17.1 Å². The molecular weight excluding hydrogens is 438 g/mol. The van der Waals surface area contributed by atoms with E-state index in [1.165, 1.54) is 64.2 Å². The van der Waals surface area contributed by atoms with Gasteiger partial charge in [-0.15, -0.1) is 0 Å². The molecule has 1 N–H and O–H groups in total. The van der Waals surface area contributed by atoms with E-state index in [0.29, 0.717) is 11.3 Å². The van der Waals surface area contributed by atoms with E-state index in [-0.39, 0.29) is 18.4 Å². The van der Waals surface area contributed by atoms with Crippen molar-refractivity contribution < 1.29 is 14.3 Å². The van der Waals surface area contributed by atoms with E-state index in [4.69, 9.17) is 4.74 Å². The van der Waals surface area contributed by atoms with Gasteiger partial charge in [-0.25, -0.2) is 4.79 Å². The fourth-order valence-corrected chi connectivity index (χ4v) is 4.47. The highest BCUT2D eigenvalue weighted by molar-refractivity contribution is 5.96. The lowest BCUT2D eigenvalue weighted by atomic mass is 10.1. The highest BCUT2D eigenvalue weighted by Crippen LogP contribution is 2.19. The van der Waals surface area contributed by atoms with Crippen LogP contribution in [0.15, 0.2) is 24.3 Å². The molecule has 198 valence electrons. The molecule has 0 bridgehead atoms. The van der Waals surface area contributed by atoms with Crippen molar-refractivity contribution in [1.82, 2.24) is 9.80 Å². The lowest BCUT2D eigenvalue weighted by molar-refractivity contribution is -0.131. The number of rotatable bonds is 15. The number of amides is 1. The van der Waals surface area contributed by atoms with Crippen molar-refractivity contribution in [2.24, 2.45) is 0 Å². The van der Waals surface area contributed by atoms with Crippen LogP contribution < -0.4 is 5.32 Å². The average Bonchev–Trinajstić information content (AvgIpc) is 2.83. The molecule has 0 aliphatic carbocycles. The Morgan fingerprint density at radius 2 is 1.43 bits per heavy atom. The molecule has 2 rings (SSSR count). The van der Waals surface area contributed by atoms with Gasteiger partial charge in [0.15, 0.2) is 0 Å². The Kier molecular flexibility index (Phi) is 13.2. The second-order valence-electron chi connectivity index (χ2n) is 10.8. The monoisotopic (exact) mass is 487 g/mol. The van der Waals surface area contributed by atoms with Crippen molar-refractivity contribution in [1.29, 1.82) is 0 Å². The molecule has 0 saturated carbocycles. The van der Waals surface area contributed by atoms with Crippen LogP contribution in [0.25, 0.3) is 0 Å². The number of nitrogens with zero attached hydrogens (tertiary/aromatic N) is 2. The molecule has 6 heteroatoms. The molecule has 1 aromatic carbocycles. The molecule has 0 aromatic heterocycles. The zero-order valence-corrected chi connectivity index (χ0v) is 22.7. The van der Waals surface area contributed by atoms with Gasteiger partial charge in [-0.3, -0.25) is 9.69 Å². The molecule has 1 heterocycles. The maximum absolute atomic E-state index is 12.8. The third kappa shape index (κ3) is 11.9. The smallest absolute Gasteiger partial charge is 0.340 e. The zero-order chi connectivity index (χ0) is 25.5. The number of nitrogens with one attached hydrogen (secondary N) is 1. The van der Waals surface area contributed by atoms with Gasteiger partial charge in [0, 0.05) is 31.9 Å². The van der Waals surface area contributed by atoms with E-state index in [0.717, 1.165) is 32.7 Å². The summed E-state index contributed by atoms with van der Waals surface area (Å²) < 4.78 is 5.50. The van der Waals surface area contributed by atoms with Crippen molar-refractivity contribution in [2.45, 2.75) is 97.5 Å². The molecule has 1 aromatic rings. The minimum Gasteiger partial charge on any atom is -0.456 e. The molecule has 0 spiro atoms. The van der Waals surface area contributed by atoms with Crippen molar-refractivity contribution in [3.63, 3.8) is 0 Å². The zero-order valence-electron chi connectivity index (χ0n) is 22.7. The number of carbonyl (C=O) groups excluding carboxylic acids is 2. The number of unbranched alkanes of at least 4 members (excludes halogenated alkanes) is 9. The lowest BCUT2D eigenvalue weighted by Gasteiger charge is -2.35. The molecule has 0 radical (unpaired) electrons. The van der Waals surface area contributed by atoms with Crippen LogP contribution in [0.2, 0.25) is 0 Å². The quantitative estimate of drug-likeness (QED) is 0.239. The largest absolute Gasteiger partial charge is 0.456 e. The minimum absolute atomic E-state index is 0.0718. The Morgan fingerprint density at radius 3 is 2.03 bits per heavy atom. The fourth-order valence-electron chi connectivity index (χ4n) is 4.47. The van der Waals surface area contributed by atoms with Gasteiger partial charge in [-0.1, -0.05) is 76.8 Å². The number of para-hydroxylation sites is 1. The minimum atomic E-state index is -0.562. The van der Waals surface area contributed by atoms with E-state index >= 15 is 0 Å². The second-order valence-corrected chi connectivity index (χ2v) is 10.8. The van der Waals surface area contributed by atoms with Crippen LogP contribution >= 0.6 is 0 Å². The molecule has 0 atom stereocenters. The van der Waals surface area contributed by atoms with Crippen LogP contribution in [0.3, 0.4) is 0 Å². The highest BCUT2D eigenvalue weighted by Gasteiger charge is 2.23. The Labute approximate surface area is 213 Å². The highest BCUT2D eigenvalue weighted by atomic mass is 16.6. The third-order valence-electron chi connectivity index (χ3n) is 6.53. The summed E-state index contributed by atoms with van der Waals surface area (Å²) in [5, 5.41) is 3.16. The van der Waals surface area contributed by atoms with Gasteiger partial charge in [0.25, 0.3) is 0 Å². The summed E-state index contributed by atoms with van der Waals surface area (Å²) >= 11 is 0. The Morgan fingerprint density at radius 1 is 0.857 bits per heavy atom. The van der Waals surface area contributed by atoms with E-state index in [1.54, 1.807) is 12.1 Å². The van der Waals surface area contributed by atoms with Gasteiger partial charge < -0.3 is 15.0 Å². The molecule has 1 saturated heterocycles. The molecule has 6 nitrogen and oxygen atoms in total. The first kappa shape index (κ1) is 29.2. The number of carbonyl (C=O) groups is 2. The summed E-state index contributed by atoms with van der Waals surface area (Å²) in [5.74, 6) is -0.309. The van der Waals surface area contributed by atoms with Gasteiger partial charge in [-0.2, -0.15) is 0 Å². The topological polar surface area (TPSA) is 61.9 Å². The number of anilines is 1. The summed E-state index contributed by atoms with van der Waals surface area (Å²) in [6, 6.07) is 7.21. The average molecular weight is 488 g/mol. The summed E-state index contributed by atoms with van der Waals surface area (Å²) in [6.07, 6.45) is 13.6. The third-order valence-corrected chi connectivity index (χ3v) is 6.53. The van der Waals surface area contributed by atoms with Crippen LogP contribution in [0.5, 0.6) is 0 Å². The number of esters is 1. The number of hydrogen-bond donors (Lipinski definition) is 1.